The largest absolute Gasteiger partial charge is 0.396 e. The Morgan fingerprint density at radius 2 is 2.00 bits per heavy atom. The van der Waals surface area contributed by atoms with E-state index in [1.807, 2.05) is 18.2 Å². The van der Waals surface area contributed by atoms with Crippen LogP contribution in [0.5, 0.6) is 0 Å². The summed E-state index contributed by atoms with van der Waals surface area (Å²) >= 11 is 6.08. The van der Waals surface area contributed by atoms with Gasteiger partial charge in [-0.2, -0.15) is 0 Å². The van der Waals surface area contributed by atoms with Crippen molar-refractivity contribution in [1.82, 2.24) is 0 Å². The van der Waals surface area contributed by atoms with E-state index in [4.69, 9.17) is 21.8 Å². The average molecular weight is 258 g/mol. The highest BCUT2D eigenvalue weighted by atomic mass is 35.5. The highest BCUT2D eigenvalue weighted by Crippen LogP contribution is 2.25. The zero-order valence-electron chi connectivity index (χ0n) is 10.4. The Labute approximate surface area is 108 Å². The fraction of sp³-hybridized carbons (Fsp3) is 0.538. The smallest absolute Gasteiger partial charge is 0.0696 e. The molecule has 4 heteroatoms. The van der Waals surface area contributed by atoms with Crippen LogP contribution >= 0.6 is 11.6 Å². The summed E-state index contributed by atoms with van der Waals surface area (Å²) in [5.41, 5.74) is 1.76. The first kappa shape index (κ1) is 14.3. The van der Waals surface area contributed by atoms with E-state index in [1.54, 1.807) is 0 Å². The number of aliphatic hydroxyl groups is 2. The van der Waals surface area contributed by atoms with E-state index >= 15 is 0 Å². The molecule has 1 aromatic rings. The van der Waals surface area contributed by atoms with Crippen LogP contribution in [0.2, 0.25) is 5.02 Å². The molecule has 0 aliphatic rings. The van der Waals surface area contributed by atoms with Crippen LogP contribution in [-0.2, 0) is 6.61 Å². The van der Waals surface area contributed by atoms with Gasteiger partial charge >= 0.3 is 0 Å². The summed E-state index contributed by atoms with van der Waals surface area (Å²) in [6.07, 6.45) is 0.734. The van der Waals surface area contributed by atoms with Crippen molar-refractivity contribution in [1.29, 1.82) is 0 Å². The van der Waals surface area contributed by atoms with E-state index in [2.05, 4.69) is 18.7 Å². The Morgan fingerprint density at radius 1 is 1.29 bits per heavy atom. The number of aliphatic hydroxyl groups excluding tert-OH is 2. The third kappa shape index (κ3) is 3.87. The summed E-state index contributed by atoms with van der Waals surface area (Å²) < 4.78 is 0. The van der Waals surface area contributed by atoms with E-state index < -0.39 is 0 Å². The van der Waals surface area contributed by atoms with Crippen molar-refractivity contribution in [2.75, 3.05) is 18.1 Å². The fourth-order valence-electron chi connectivity index (χ4n) is 1.77. The molecule has 96 valence electrons. The minimum atomic E-state index is -0.0442. The van der Waals surface area contributed by atoms with Crippen molar-refractivity contribution >= 4 is 17.3 Å². The predicted molar refractivity (Wildman–Crippen MR) is 71.6 cm³/mol. The van der Waals surface area contributed by atoms with Crippen LogP contribution in [0.15, 0.2) is 18.2 Å². The molecule has 0 radical (unpaired) electrons. The second-order valence-electron chi connectivity index (χ2n) is 4.30. The van der Waals surface area contributed by atoms with E-state index in [9.17, 15) is 0 Å². The summed E-state index contributed by atoms with van der Waals surface area (Å²) in [5, 5.41) is 18.5. The second kappa shape index (κ2) is 6.84. The molecular formula is C13H20ClNO2. The van der Waals surface area contributed by atoms with Gasteiger partial charge in [0.05, 0.1) is 6.61 Å². The maximum Gasteiger partial charge on any atom is 0.0696 e. The van der Waals surface area contributed by atoms with Gasteiger partial charge in [-0.05, 0) is 38.0 Å². The molecule has 0 saturated carbocycles. The Balaban J connectivity index is 2.90. The lowest BCUT2D eigenvalue weighted by atomic mass is 10.1. The average Bonchev–Trinajstić information content (AvgIpc) is 2.29. The van der Waals surface area contributed by atoms with Crippen LogP contribution in [0.1, 0.15) is 25.8 Å². The van der Waals surface area contributed by atoms with Gasteiger partial charge in [0.25, 0.3) is 0 Å². The molecule has 17 heavy (non-hydrogen) atoms. The van der Waals surface area contributed by atoms with Crippen molar-refractivity contribution < 1.29 is 10.2 Å². The van der Waals surface area contributed by atoms with E-state index in [0.717, 1.165) is 24.2 Å². The summed E-state index contributed by atoms with van der Waals surface area (Å²) in [5.74, 6) is 0. The minimum Gasteiger partial charge on any atom is -0.396 e. The predicted octanol–water partition coefficient (Wildman–Crippen LogP) is 2.43. The zero-order valence-corrected chi connectivity index (χ0v) is 11.1. The van der Waals surface area contributed by atoms with Crippen molar-refractivity contribution in [3.8, 4) is 0 Å². The molecule has 0 heterocycles. The molecule has 0 atom stereocenters. The standard InChI is InChI=1S/C13H20ClNO2/c1-10(2)15(6-3-7-16)12-5-4-11(9-17)13(14)8-12/h4-5,8,10,16-17H,3,6-7,9H2,1-2H3. The van der Waals surface area contributed by atoms with Gasteiger partial charge in [0, 0.05) is 29.9 Å². The molecule has 3 nitrogen and oxygen atoms in total. The first-order chi connectivity index (χ1) is 8.10. The van der Waals surface area contributed by atoms with Gasteiger partial charge in [-0.3, -0.25) is 0 Å². The highest BCUT2D eigenvalue weighted by molar-refractivity contribution is 6.31. The molecular weight excluding hydrogens is 238 g/mol. The lowest BCUT2D eigenvalue weighted by Crippen LogP contribution is -2.32. The number of hydrogen-bond acceptors (Lipinski definition) is 3. The second-order valence-corrected chi connectivity index (χ2v) is 4.71. The van der Waals surface area contributed by atoms with Gasteiger partial charge in [-0.15, -0.1) is 0 Å². The number of halogens is 1. The summed E-state index contributed by atoms with van der Waals surface area (Å²) in [6, 6.07) is 6.00. The molecule has 1 rings (SSSR count). The maximum atomic E-state index is 9.07. The molecule has 0 aromatic heterocycles. The quantitative estimate of drug-likeness (QED) is 0.823. The molecule has 0 bridgehead atoms. The molecule has 0 fully saturated rings. The minimum absolute atomic E-state index is 0.0442. The maximum absolute atomic E-state index is 9.07. The topological polar surface area (TPSA) is 43.7 Å². The first-order valence-electron chi connectivity index (χ1n) is 5.87. The third-order valence-electron chi connectivity index (χ3n) is 2.72. The van der Waals surface area contributed by atoms with Gasteiger partial charge in [-0.1, -0.05) is 17.7 Å². The van der Waals surface area contributed by atoms with E-state index in [0.29, 0.717) is 11.1 Å². The lowest BCUT2D eigenvalue weighted by molar-refractivity contribution is 0.282. The SMILES string of the molecule is CC(C)N(CCCO)c1ccc(CO)c(Cl)c1. The zero-order chi connectivity index (χ0) is 12.8. The van der Waals surface area contributed by atoms with E-state index in [-0.39, 0.29) is 13.2 Å². The Morgan fingerprint density at radius 3 is 2.47 bits per heavy atom. The molecule has 1 aromatic carbocycles. The number of anilines is 1. The number of hydrogen-bond donors (Lipinski definition) is 2. The van der Waals surface area contributed by atoms with Crippen molar-refractivity contribution in [3.63, 3.8) is 0 Å². The summed E-state index contributed by atoms with van der Waals surface area (Å²) in [4.78, 5) is 2.18. The van der Waals surface area contributed by atoms with Gasteiger partial charge in [0.15, 0.2) is 0 Å². The lowest BCUT2D eigenvalue weighted by Gasteiger charge is -2.29. The van der Waals surface area contributed by atoms with Crippen molar-refractivity contribution in [3.05, 3.63) is 28.8 Å². The third-order valence-corrected chi connectivity index (χ3v) is 3.07. The molecule has 0 spiro atoms. The fourth-order valence-corrected chi connectivity index (χ4v) is 2.00. The molecule has 0 unspecified atom stereocenters. The monoisotopic (exact) mass is 257 g/mol. The van der Waals surface area contributed by atoms with E-state index in [1.165, 1.54) is 0 Å². The number of rotatable bonds is 6. The normalized spacial score (nSPS) is 10.9. The number of benzene rings is 1. The van der Waals surface area contributed by atoms with Crippen molar-refractivity contribution in [2.24, 2.45) is 0 Å². The highest BCUT2D eigenvalue weighted by Gasteiger charge is 2.11. The Hall–Kier alpha value is -0.770. The van der Waals surface area contributed by atoms with Crippen LogP contribution in [0.4, 0.5) is 5.69 Å². The molecule has 0 aliphatic heterocycles. The van der Waals surface area contributed by atoms with Crippen LogP contribution in [0, 0.1) is 0 Å². The van der Waals surface area contributed by atoms with Crippen molar-refractivity contribution in [2.45, 2.75) is 32.9 Å². The summed E-state index contributed by atoms with van der Waals surface area (Å²) in [6.45, 7) is 5.14. The van der Waals surface area contributed by atoms with Crippen LogP contribution in [0.25, 0.3) is 0 Å². The Bertz CT molecular complexity index is 355. The van der Waals surface area contributed by atoms with Crippen LogP contribution < -0.4 is 4.90 Å². The van der Waals surface area contributed by atoms with Crippen LogP contribution in [-0.4, -0.2) is 29.4 Å². The van der Waals surface area contributed by atoms with Gasteiger partial charge in [0.2, 0.25) is 0 Å². The number of nitrogens with zero attached hydrogens (tertiary/aromatic N) is 1. The van der Waals surface area contributed by atoms with Gasteiger partial charge in [-0.25, -0.2) is 0 Å². The molecule has 2 N–H and O–H groups in total. The summed E-state index contributed by atoms with van der Waals surface area (Å²) in [7, 11) is 0. The molecule has 0 saturated heterocycles. The van der Waals surface area contributed by atoms with Gasteiger partial charge in [0.1, 0.15) is 0 Å². The van der Waals surface area contributed by atoms with Crippen LogP contribution in [0.3, 0.4) is 0 Å². The molecule has 0 amide bonds. The first-order valence-corrected chi connectivity index (χ1v) is 6.24. The Kier molecular flexibility index (Phi) is 5.75. The molecule has 0 aliphatic carbocycles. The van der Waals surface area contributed by atoms with Gasteiger partial charge < -0.3 is 15.1 Å².